The molecule has 0 N–H and O–H groups in total. The molecule has 0 fully saturated rings. The van der Waals surface area contributed by atoms with Gasteiger partial charge < -0.3 is 0 Å². The lowest BCUT2D eigenvalue weighted by Crippen LogP contribution is -2.14. The first-order valence-corrected chi connectivity index (χ1v) is 18.8. The van der Waals surface area contributed by atoms with Crippen molar-refractivity contribution in [2.45, 2.75) is 19.3 Å². The van der Waals surface area contributed by atoms with Crippen LogP contribution in [0.3, 0.4) is 0 Å². The topological polar surface area (TPSA) is 38.7 Å². The van der Waals surface area contributed by atoms with Crippen LogP contribution >= 0.6 is 0 Å². The highest BCUT2D eigenvalue weighted by atomic mass is 15.0. The van der Waals surface area contributed by atoms with Crippen molar-refractivity contribution in [1.29, 1.82) is 0 Å². The Bertz CT molecular complexity index is 2820. The zero-order valence-electron chi connectivity index (χ0n) is 30.7. The first kappa shape index (κ1) is 32.7. The molecule has 0 spiro atoms. The molecule has 0 bridgehead atoms. The Balaban J connectivity index is 0.956. The number of fused-ring (bicyclic) bond motifs is 4. The van der Waals surface area contributed by atoms with E-state index in [1.165, 1.54) is 55.3 Å². The first-order valence-electron chi connectivity index (χ1n) is 18.8. The van der Waals surface area contributed by atoms with Gasteiger partial charge in [-0.1, -0.05) is 178 Å². The molecule has 0 atom stereocenters. The van der Waals surface area contributed by atoms with Gasteiger partial charge in [-0.25, -0.2) is 15.0 Å². The molecule has 3 heteroatoms. The van der Waals surface area contributed by atoms with Crippen LogP contribution < -0.4 is 0 Å². The minimum absolute atomic E-state index is 0.0273. The third-order valence-corrected chi connectivity index (χ3v) is 11.1. The van der Waals surface area contributed by atoms with Crippen LogP contribution in [0, 0.1) is 0 Å². The van der Waals surface area contributed by atoms with E-state index >= 15 is 0 Å². The van der Waals surface area contributed by atoms with Crippen LogP contribution in [0.15, 0.2) is 188 Å². The third-order valence-electron chi connectivity index (χ3n) is 11.1. The predicted molar refractivity (Wildman–Crippen MR) is 228 cm³/mol. The minimum atomic E-state index is -0.0273. The molecule has 0 saturated heterocycles. The van der Waals surface area contributed by atoms with Gasteiger partial charge >= 0.3 is 0 Å². The Kier molecular flexibility index (Phi) is 7.81. The van der Waals surface area contributed by atoms with Gasteiger partial charge in [0.05, 0.1) is 0 Å². The molecule has 0 radical (unpaired) electrons. The van der Waals surface area contributed by atoms with Gasteiger partial charge in [0.2, 0.25) is 0 Å². The average Bonchev–Trinajstić information content (AvgIpc) is 3.49. The fraction of sp³-hybridized carbons (Fsp3) is 0.0577. The van der Waals surface area contributed by atoms with E-state index in [-0.39, 0.29) is 5.41 Å². The second-order valence-electron chi connectivity index (χ2n) is 14.9. The van der Waals surface area contributed by atoms with Crippen LogP contribution in [0.2, 0.25) is 0 Å². The number of aromatic nitrogens is 3. The predicted octanol–water partition coefficient (Wildman–Crippen LogP) is 13.3. The number of rotatable bonds is 6. The van der Waals surface area contributed by atoms with Crippen molar-refractivity contribution in [2.24, 2.45) is 0 Å². The van der Waals surface area contributed by atoms with E-state index in [9.17, 15) is 0 Å². The molecule has 260 valence electrons. The Morgan fingerprint density at radius 2 is 0.709 bits per heavy atom. The smallest absolute Gasteiger partial charge is 0.164 e. The van der Waals surface area contributed by atoms with E-state index < -0.39 is 0 Å². The van der Waals surface area contributed by atoms with Gasteiger partial charge in [0.1, 0.15) is 0 Å². The van der Waals surface area contributed by atoms with Crippen molar-refractivity contribution in [2.75, 3.05) is 0 Å². The Hall–Kier alpha value is -6.97. The molecule has 1 heterocycles. The van der Waals surface area contributed by atoms with Crippen LogP contribution in [0.4, 0.5) is 0 Å². The van der Waals surface area contributed by atoms with Crippen LogP contribution in [-0.4, -0.2) is 15.0 Å². The summed E-state index contributed by atoms with van der Waals surface area (Å²) >= 11 is 0. The van der Waals surface area contributed by atoms with E-state index in [0.717, 1.165) is 27.8 Å². The molecule has 10 rings (SSSR count). The SMILES string of the molecule is CC1(C)c2ccccc2-c2ccc(-c3cccc(-c4ccc5ccc(-c6ccc(-c7nc(-c8ccccc8)nc(-c8ccccc8)n7)cc6)cc5c4)c3)cc21. The lowest BCUT2D eigenvalue weighted by Gasteiger charge is -2.22. The molecule has 0 amide bonds. The Labute approximate surface area is 321 Å². The van der Waals surface area contributed by atoms with Crippen LogP contribution in [0.5, 0.6) is 0 Å². The second kappa shape index (κ2) is 13.2. The van der Waals surface area contributed by atoms with E-state index in [4.69, 9.17) is 15.0 Å². The van der Waals surface area contributed by atoms with Crippen LogP contribution in [0.25, 0.3) is 89.4 Å². The number of benzene rings is 8. The highest BCUT2D eigenvalue weighted by Crippen LogP contribution is 2.49. The summed E-state index contributed by atoms with van der Waals surface area (Å²) in [6.07, 6.45) is 0. The van der Waals surface area contributed by atoms with Gasteiger partial charge in [0.15, 0.2) is 17.5 Å². The van der Waals surface area contributed by atoms with E-state index in [2.05, 4.69) is 141 Å². The number of hydrogen-bond acceptors (Lipinski definition) is 3. The molecular weight excluding hydrogens is 667 g/mol. The van der Waals surface area contributed by atoms with Gasteiger partial charge in [-0.3, -0.25) is 0 Å². The zero-order valence-corrected chi connectivity index (χ0v) is 30.7. The summed E-state index contributed by atoms with van der Waals surface area (Å²) in [5.74, 6) is 1.97. The lowest BCUT2D eigenvalue weighted by molar-refractivity contribution is 0.660. The van der Waals surface area contributed by atoms with Crippen molar-refractivity contribution in [1.82, 2.24) is 15.0 Å². The van der Waals surface area contributed by atoms with Crippen LogP contribution in [-0.2, 0) is 5.41 Å². The maximum Gasteiger partial charge on any atom is 0.164 e. The summed E-state index contributed by atoms with van der Waals surface area (Å²) in [7, 11) is 0. The summed E-state index contributed by atoms with van der Waals surface area (Å²) in [6.45, 7) is 4.68. The van der Waals surface area contributed by atoms with E-state index in [1.54, 1.807) is 0 Å². The normalized spacial score (nSPS) is 12.7. The lowest BCUT2D eigenvalue weighted by atomic mass is 9.81. The Morgan fingerprint density at radius 1 is 0.291 bits per heavy atom. The van der Waals surface area contributed by atoms with Crippen molar-refractivity contribution in [3.05, 3.63) is 199 Å². The molecule has 0 aliphatic heterocycles. The molecule has 3 nitrogen and oxygen atoms in total. The molecule has 1 aliphatic rings. The van der Waals surface area contributed by atoms with Gasteiger partial charge in [-0.05, 0) is 90.7 Å². The summed E-state index contributed by atoms with van der Waals surface area (Å²) in [5, 5.41) is 2.42. The highest BCUT2D eigenvalue weighted by Gasteiger charge is 2.35. The maximum atomic E-state index is 4.91. The monoisotopic (exact) mass is 703 g/mol. The van der Waals surface area contributed by atoms with Gasteiger partial charge in [0, 0.05) is 22.1 Å². The molecule has 8 aromatic carbocycles. The number of hydrogen-bond donors (Lipinski definition) is 0. The van der Waals surface area contributed by atoms with E-state index in [0.29, 0.717) is 17.5 Å². The summed E-state index contributed by atoms with van der Waals surface area (Å²) in [6, 6.07) is 67.0. The summed E-state index contributed by atoms with van der Waals surface area (Å²) < 4.78 is 0. The third kappa shape index (κ3) is 5.91. The van der Waals surface area contributed by atoms with E-state index in [1.807, 2.05) is 60.7 Å². The average molecular weight is 704 g/mol. The van der Waals surface area contributed by atoms with Gasteiger partial charge in [-0.2, -0.15) is 0 Å². The minimum Gasteiger partial charge on any atom is -0.208 e. The standard InChI is InChI=1S/C52H37N3/c1-52(2)47-19-10-9-18-45(47)46-29-28-43(33-48(46)52)40-17-11-16-39(30-40)42-27-23-35-22-26-41(31-44(35)32-42)34-20-24-38(25-21-34)51-54-49(36-12-5-3-6-13-36)53-50(55-51)37-14-7-4-8-15-37/h3-33H,1-2H3. The Morgan fingerprint density at radius 3 is 1.33 bits per heavy atom. The van der Waals surface area contributed by atoms with Crippen molar-refractivity contribution < 1.29 is 0 Å². The molecule has 55 heavy (non-hydrogen) atoms. The largest absolute Gasteiger partial charge is 0.208 e. The summed E-state index contributed by atoms with van der Waals surface area (Å²) in [5.41, 5.74) is 15.5. The molecule has 0 unspecified atom stereocenters. The maximum absolute atomic E-state index is 4.91. The first-order chi connectivity index (χ1) is 27.0. The fourth-order valence-electron chi connectivity index (χ4n) is 8.12. The van der Waals surface area contributed by atoms with Crippen molar-refractivity contribution in [3.63, 3.8) is 0 Å². The molecule has 1 aromatic heterocycles. The van der Waals surface area contributed by atoms with Crippen LogP contribution in [0.1, 0.15) is 25.0 Å². The van der Waals surface area contributed by atoms with Gasteiger partial charge in [-0.15, -0.1) is 0 Å². The molecule has 1 aliphatic carbocycles. The quantitative estimate of drug-likeness (QED) is 0.173. The second-order valence-corrected chi connectivity index (χ2v) is 14.9. The molecule has 0 saturated carbocycles. The highest BCUT2D eigenvalue weighted by molar-refractivity contribution is 5.92. The van der Waals surface area contributed by atoms with Gasteiger partial charge in [0.25, 0.3) is 0 Å². The van der Waals surface area contributed by atoms with Crippen molar-refractivity contribution >= 4 is 10.8 Å². The summed E-state index contributed by atoms with van der Waals surface area (Å²) in [4.78, 5) is 14.7. The number of nitrogens with zero attached hydrogens (tertiary/aromatic N) is 3. The zero-order chi connectivity index (χ0) is 36.9. The van der Waals surface area contributed by atoms with Crippen molar-refractivity contribution in [3.8, 4) is 78.7 Å². The fourth-order valence-corrected chi connectivity index (χ4v) is 8.12. The molecule has 9 aromatic rings. The molecular formula is C52H37N3.